The Morgan fingerprint density at radius 1 is 1.31 bits per heavy atom. The molecule has 3 N–H and O–H groups in total. The van der Waals surface area contributed by atoms with Gasteiger partial charge in [0.1, 0.15) is 0 Å². The summed E-state index contributed by atoms with van der Waals surface area (Å²) in [4.78, 5) is 29.4. The molecule has 1 rings (SSSR count). The molecule has 0 bridgehead atoms. The van der Waals surface area contributed by atoms with E-state index in [0.29, 0.717) is 0 Å². The molecule has 16 heavy (non-hydrogen) atoms. The minimum Gasteiger partial charge on any atom is -0.478 e. The molecule has 0 spiro atoms. The van der Waals surface area contributed by atoms with Gasteiger partial charge in [-0.25, -0.2) is 4.79 Å². The summed E-state index contributed by atoms with van der Waals surface area (Å²) in [5.41, 5.74) is -0.0988. The molecule has 0 aliphatic rings. The fraction of sp³-hybridized carbons (Fsp3) is 0.222. The molecule has 0 heterocycles. The summed E-state index contributed by atoms with van der Waals surface area (Å²) >= 11 is 0. The van der Waals surface area contributed by atoms with E-state index in [4.69, 9.17) is 14.9 Å². The Balaban J connectivity index is 3.48. The Morgan fingerprint density at radius 3 is 2.12 bits per heavy atom. The van der Waals surface area contributed by atoms with Crippen molar-refractivity contribution in [1.29, 1.82) is 0 Å². The summed E-state index contributed by atoms with van der Waals surface area (Å²) in [7, 11) is -4.06. The number of carbonyl (C=O) groups is 1. The van der Waals surface area contributed by atoms with Crippen molar-refractivity contribution in [3.8, 4) is 0 Å². The predicted molar refractivity (Wildman–Crippen MR) is 54.8 cm³/mol. The Kier molecular flexibility index (Phi) is 3.50. The number of hydrogen-bond acceptors (Lipinski definition) is 3. The maximum absolute atomic E-state index is 11.3. The maximum Gasteiger partial charge on any atom is 0.373 e. The van der Waals surface area contributed by atoms with Crippen LogP contribution in [0.5, 0.6) is 0 Å². The van der Waals surface area contributed by atoms with Gasteiger partial charge >= 0.3 is 13.6 Å². The number of aliphatic carboxylic acids is 1. The van der Waals surface area contributed by atoms with Crippen LogP contribution >= 0.6 is 7.60 Å². The van der Waals surface area contributed by atoms with Gasteiger partial charge in [-0.3, -0.25) is 4.57 Å². The molecule has 0 aliphatic carbocycles. The number of benzene rings is 1. The third kappa shape index (κ3) is 1.88. The minimum absolute atomic E-state index is 0.0988. The molecule has 1 aromatic rings. The average molecular weight is 246 g/mol. The van der Waals surface area contributed by atoms with E-state index >= 15 is 0 Å². The highest BCUT2D eigenvalue weighted by molar-refractivity contribution is 7.54. The highest BCUT2D eigenvalue weighted by Crippen LogP contribution is 2.57. The fourth-order valence-corrected chi connectivity index (χ4v) is 2.38. The molecule has 1 aromatic carbocycles. The van der Waals surface area contributed by atoms with Gasteiger partial charge in [-0.2, -0.15) is 0 Å². The van der Waals surface area contributed by atoms with Gasteiger partial charge in [0.15, 0.2) is 0 Å². The molecular formula is C9H11O6P. The molecule has 6 nitrogen and oxygen atoms in total. The van der Waals surface area contributed by atoms with Gasteiger partial charge in [0, 0.05) is 12.7 Å². The van der Waals surface area contributed by atoms with E-state index in [2.05, 4.69) is 4.74 Å². The van der Waals surface area contributed by atoms with Crippen LogP contribution in [0.2, 0.25) is 0 Å². The molecule has 0 saturated carbocycles. The molecule has 0 radical (unpaired) electrons. The highest BCUT2D eigenvalue weighted by atomic mass is 31.2. The van der Waals surface area contributed by atoms with Crippen LogP contribution in [0.15, 0.2) is 30.3 Å². The van der Waals surface area contributed by atoms with Gasteiger partial charge < -0.3 is 19.6 Å². The topological polar surface area (TPSA) is 104 Å². The summed E-state index contributed by atoms with van der Waals surface area (Å²) < 4.78 is 15.9. The first-order valence-corrected chi connectivity index (χ1v) is 5.87. The lowest BCUT2D eigenvalue weighted by Gasteiger charge is -2.28. The van der Waals surface area contributed by atoms with Crippen molar-refractivity contribution in [1.82, 2.24) is 0 Å². The van der Waals surface area contributed by atoms with Gasteiger partial charge in [0.05, 0.1) is 0 Å². The van der Waals surface area contributed by atoms with Crippen molar-refractivity contribution in [3.63, 3.8) is 0 Å². The quantitative estimate of drug-likeness (QED) is 0.677. The van der Waals surface area contributed by atoms with Crippen molar-refractivity contribution in [3.05, 3.63) is 35.9 Å². The van der Waals surface area contributed by atoms with Crippen molar-refractivity contribution in [2.75, 3.05) is 7.11 Å². The van der Waals surface area contributed by atoms with Crippen molar-refractivity contribution in [2.45, 2.75) is 5.34 Å². The number of methoxy groups -OCH3 is 1. The standard InChI is InChI=1S/C9H11O6P/c1-15-9(8(10)11,16(12,13)14)7-5-3-2-4-6-7/h2-6H,1H3,(H,10,11)(H2,12,13,14). The summed E-state index contributed by atoms with van der Waals surface area (Å²) in [5, 5.41) is 6.35. The Labute approximate surface area is 91.6 Å². The Bertz CT molecular complexity index is 425. The monoisotopic (exact) mass is 246 g/mol. The number of hydrogen-bond donors (Lipinski definition) is 3. The zero-order valence-electron chi connectivity index (χ0n) is 8.40. The van der Waals surface area contributed by atoms with Crippen molar-refractivity contribution in [2.24, 2.45) is 0 Å². The van der Waals surface area contributed by atoms with E-state index < -0.39 is 18.9 Å². The number of carboxylic acid groups (broad SMARTS) is 1. The first-order valence-electron chi connectivity index (χ1n) is 4.26. The fourth-order valence-electron chi connectivity index (χ4n) is 1.40. The van der Waals surface area contributed by atoms with Crippen LogP contribution in [0.3, 0.4) is 0 Å². The normalized spacial score (nSPS) is 15.4. The molecule has 1 unspecified atom stereocenters. The summed E-state index contributed by atoms with van der Waals surface area (Å²) in [6.45, 7) is 0. The lowest BCUT2D eigenvalue weighted by Crippen LogP contribution is -2.37. The molecule has 88 valence electrons. The lowest BCUT2D eigenvalue weighted by atomic mass is 10.1. The van der Waals surface area contributed by atoms with Gasteiger partial charge in [-0.05, 0) is 0 Å². The molecule has 0 aliphatic heterocycles. The highest BCUT2D eigenvalue weighted by Gasteiger charge is 2.56. The van der Waals surface area contributed by atoms with Crippen LogP contribution in [0.4, 0.5) is 0 Å². The third-order valence-corrected chi connectivity index (χ3v) is 3.61. The van der Waals surface area contributed by atoms with Gasteiger partial charge in [-0.15, -0.1) is 0 Å². The van der Waals surface area contributed by atoms with Crippen LogP contribution in [0.25, 0.3) is 0 Å². The smallest absolute Gasteiger partial charge is 0.373 e. The first kappa shape index (κ1) is 12.9. The van der Waals surface area contributed by atoms with Crippen LogP contribution in [0, 0.1) is 0 Å². The summed E-state index contributed by atoms with van der Waals surface area (Å²) in [6.07, 6.45) is 0. The molecule has 0 saturated heterocycles. The van der Waals surface area contributed by atoms with Crippen LogP contribution in [0.1, 0.15) is 5.56 Å². The Hall–Kier alpha value is -1.20. The molecule has 1 atom stereocenters. The first-order chi connectivity index (χ1) is 7.36. The molecular weight excluding hydrogens is 235 g/mol. The van der Waals surface area contributed by atoms with E-state index in [1.54, 1.807) is 6.07 Å². The number of carboxylic acids is 1. The minimum atomic E-state index is -5.01. The van der Waals surface area contributed by atoms with Crippen molar-refractivity contribution >= 4 is 13.6 Å². The zero-order chi connectivity index (χ0) is 12.4. The second-order valence-corrected chi connectivity index (χ2v) is 4.78. The summed E-state index contributed by atoms with van der Waals surface area (Å²) in [5.74, 6) is -1.73. The molecule has 7 heteroatoms. The van der Waals surface area contributed by atoms with Crippen LogP contribution < -0.4 is 0 Å². The third-order valence-electron chi connectivity index (χ3n) is 2.16. The van der Waals surface area contributed by atoms with E-state index in [0.717, 1.165) is 7.11 Å². The SMILES string of the molecule is COC(C(=O)O)(c1ccccc1)P(=O)(O)O. The second kappa shape index (κ2) is 4.35. The van der Waals surface area contributed by atoms with Gasteiger partial charge in [0.25, 0.3) is 5.34 Å². The lowest BCUT2D eigenvalue weighted by molar-refractivity contribution is -0.155. The predicted octanol–water partition coefficient (Wildman–Crippen LogP) is 0.748. The van der Waals surface area contributed by atoms with E-state index in [9.17, 15) is 9.36 Å². The molecule has 0 amide bonds. The molecule has 0 aromatic heterocycles. The van der Waals surface area contributed by atoms with Crippen LogP contribution in [-0.2, 0) is 19.4 Å². The summed E-state index contributed by atoms with van der Waals surface area (Å²) in [6, 6.07) is 7.13. The Morgan fingerprint density at radius 2 is 1.81 bits per heavy atom. The van der Waals surface area contributed by atoms with Crippen molar-refractivity contribution < 1.29 is 29.0 Å². The van der Waals surface area contributed by atoms with Gasteiger partial charge in [0.2, 0.25) is 0 Å². The number of ether oxygens (including phenoxy) is 1. The number of rotatable bonds is 4. The average Bonchev–Trinajstić information content (AvgIpc) is 2.18. The van der Waals surface area contributed by atoms with E-state index in [1.807, 2.05) is 0 Å². The van der Waals surface area contributed by atoms with E-state index in [-0.39, 0.29) is 5.56 Å². The molecule has 0 fully saturated rings. The van der Waals surface area contributed by atoms with Gasteiger partial charge in [-0.1, -0.05) is 30.3 Å². The zero-order valence-corrected chi connectivity index (χ0v) is 9.29. The largest absolute Gasteiger partial charge is 0.478 e. The van der Waals surface area contributed by atoms with E-state index in [1.165, 1.54) is 24.3 Å². The second-order valence-electron chi connectivity index (χ2n) is 3.06. The maximum atomic E-state index is 11.3. The van der Waals surface area contributed by atoms with Crippen LogP contribution in [-0.4, -0.2) is 28.0 Å².